The van der Waals surface area contributed by atoms with Crippen molar-refractivity contribution in [2.75, 3.05) is 22.9 Å². The van der Waals surface area contributed by atoms with Gasteiger partial charge < -0.3 is 10.6 Å². The number of hydrogen-bond acceptors (Lipinski definition) is 5. The van der Waals surface area contributed by atoms with E-state index < -0.39 is 0 Å². The zero-order valence-electron chi connectivity index (χ0n) is 11.4. The van der Waals surface area contributed by atoms with E-state index in [4.69, 9.17) is 0 Å². The molecule has 0 bridgehead atoms. The van der Waals surface area contributed by atoms with Gasteiger partial charge in [-0.1, -0.05) is 6.92 Å². The highest BCUT2D eigenvalue weighted by atomic mass is 32.2. The van der Waals surface area contributed by atoms with Gasteiger partial charge in [0, 0.05) is 17.8 Å². The lowest BCUT2D eigenvalue weighted by Gasteiger charge is -2.14. The molecule has 0 aliphatic heterocycles. The molecule has 19 heavy (non-hydrogen) atoms. The normalized spacial score (nSPS) is 22.5. The van der Waals surface area contributed by atoms with Gasteiger partial charge in [0.25, 0.3) is 0 Å². The van der Waals surface area contributed by atoms with Gasteiger partial charge in [-0.2, -0.15) is 16.7 Å². The van der Waals surface area contributed by atoms with Crippen LogP contribution in [0.1, 0.15) is 33.1 Å². The molecule has 0 aromatic carbocycles. The molecule has 1 aromatic heterocycles. The van der Waals surface area contributed by atoms with Crippen LogP contribution in [0.25, 0.3) is 0 Å². The quantitative estimate of drug-likeness (QED) is 0.840. The molecule has 6 heteroatoms. The number of halogens is 1. The Labute approximate surface area is 118 Å². The summed E-state index contributed by atoms with van der Waals surface area (Å²) in [5, 5.41) is 6.91. The number of nitrogens with zero attached hydrogens (tertiary/aromatic N) is 2. The number of anilines is 2. The molecule has 1 fully saturated rings. The first kappa shape index (κ1) is 14.4. The third-order valence-electron chi connectivity index (χ3n) is 3.21. The summed E-state index contributed by atoms with van der Waals surface area (Å²) in [7, 11) is 0. The van der Waals surface area contributed by atoms with Gasteiger partial charge in [-0.15, -0.1) is 0 Å². The highest BCUT2D eigenvalue weighted by Gasteiger charge is 2.25. The van der Waals surface area contributed by atoms with Crippen molar-refractivity contribution in [1.82, 2.24) is 9.97 Å². The number of aromatic nitrogens is 2. The lowest BCUT2D eigenvalue weighted by Crippen LogP contribution is -2.19. The molecule has 0 spiro atoms. The topological polar surface area (TPSA) is 49.8 Å². The molecule has 1 aliphatic carbocycles. The van der Waals surface area contributed by atoms with Crippen LogP contribution in [-0.4, -0.2) is 33.6 Å². The van der Waals surface area contributed by atoms with Gasteiger partial charge in [-0.3, -0.25) is 0 Å². The minimum atomic E-state index is -0.381. The molecule has 1 aromatic rings. The number of rotatable bonds is 6. The first-order chi connectivity index (χ1) is 9.22. The van der Waals surface area contributed by atoms with Gasteiger partial charge in [0.05, 0.1) is 6.20 Å². The molecule has 0 radical (unpaired) electrons. The van der Waals surface area contributed by atoms with Gasteiger partial charge in [0.2, 0.25) is 5.95 Å². The van der Waals surface area contributed by atoms with Gasteiger partial charge in [-0.05, 0) is 31.9 Å². The Morgan fingerprint density at radius 2 is 2.26 bits per heavy atom. The summed E-state index contributed by atoms with van der Waals surface area (Å²) in [5.41, 5.74) is 0. The van der Waals surface area contributed by atoms with E-state index in [1.54, 1.807) is 0 Å². The maximum absolute atomic E-state index is 13.7. The van der Waals surface area contributed by atoms with Crippen molar-refractivity contribution in [3.63, 3.8) is 0 Å². The zero-order valence-corrected chi connectivity index (χ0v) is 12.3. The number of hydrogen-bond donors (Lipinski definition) is 2. The van der Waals surface area contributed by atoms with Crippen molar-refractivity contribution in [3.8, 4) is 0 Å². The lowest BCUT2D eigenvalue weighted by molar-refractivity contribution is 0.610. The molecular weight excluding hydrogens is 263 g/mol. The Bertz CT molecular complexity index is 416. The summed E-state index contributed by atoms with van der Waals surface area (Å²) in [5.74, 6) is 1.55. The minimum Gasteiger partial charge on any atom is -0.365 e. The Hall–Kier alpha value is -1.04. The van der Waals surface area contributed by atoms with E-state index in [9.17, 15) is 4.39 Å². The number of nitrogens with one attached hydrogen (secondary N) is 2. The van der Waals surface area contributed by atoms with Crippen LogP contribution in [0.3, 0.4) is 0 Å². The molecule has 2 N–H and O–H groups in total. The van der Waals surface area contributed by atoms with Gasteiger partial charge in [-0.25, -0.2) is 9.37 Å². The van der Waals surface area contributed by atoms with E-state index in [2.05, 4.69) is 27.5 Å². The van der Waals surface area contributed by atoms with Crippen LogP contribution >= 0.6 is 11.8 Å². The van der Waals surface area contributed by atoms with E-state index in [1.807, 2.05) is 18.7 Å². The second kappa shape index (κ2) is 6.93. The van der Waals surface area contributed by atoms with Crippen LogP contribution in [0.5, 0.6) is 0 Å². The standard InChI is InChI=1S/C13H21FN4S/c1-3-15-13-16-8-11(14)12(18-13)17-9-5-6-10(7-9)19-4-2/h8-10H,3-7H2,1-2H3,(H2,15,16,17,18). The molecule has 1 aliphatic rings. The third-order valence-corrected chi connectivity index (χ3v) is 4.44. The van der Waals surface area contributed by atoms with Crippen LogP contribution < -0.4 is 10.6 Å². The smallest absolute Gasteiger partial charge is 0.224 e. The van der Waals surface area contributed by atoms with Crippen molar-refractivity contribution in [1.29, 1.82) is 0 Å². The average molecular weight is 284 g/mol. The minimum absolute atomic E-state index is 0.318. The van der Waals surface area contributed by atoms with Crippen LogP contribution in [0, 0.1) is 5.82 Å². The Morgan fingerprint density at radius 1 is 1.42 bits per heavy atom. The Balaban J connectivity index is 1.97. The van der Waals surface area contributed by atoms with E-state index in [0.29, 0.717) is 23.1 Å². The van der Waals surface area contributed by atoms with Crippen molar-refractivity contribution >= 4 is 23.5 Å². The Morgan fingerprint density at radius 3 is 3.00 bits per heavy atom. The molecule has 1 saturated carbocycles. The first-order valence-electron chi connectivity index (χ1n) is 6.87. The van der Waals surface area contributed by atoms with E-state index in [0.717, 1.165) is 25.1 Å². The lowest BCUT2D eigenvalue weighted by atomic mass is 10.2. The summed E-state index contributed by atoms with van der Waals surface area (Å²) in [6, 6.07) is 0.322. The summed E-state index contributed by atoms with van der Waals surface area (Å²) >= 11 is 1.99. The van der Waals surface area contributed by atoms with Gasteiger partial charge in [0.1, 0.15) is 0 Å². The maximum Gasteiger partial charge on any atom is 0.224 e. The monoisotopic (exact) mass is 284 g/mol. The van der Waals surface area contributed by atoms with E-state index in [1.165, 1.54) is 12.6 Å². The molecular formula is C13H21FN4S. The molecule has 2 unspecified atom stereocenters. The summed E-state index contributed by atoms with van der Waals surface area (Å²) in [4.78, 5) is 8.09. The maximum atomic E-state index is 13.7. The van der Waals surface area contributed by atoms with E-state index in [-0.39, 0.29) is 5.82 Å². The van der Waals surface area contributed by atoms with Crippen LogP contribution in [0.2, 0.25) is 0 Å². The second-order valence-corrected chi connectivity index (χ2v) is 6.23. The van der Waals surface area contributed by atoms with Crippen molar-refractivity contribution in [2.45, 2.75) is 44.4 Å². The average Bonchev–Trinajstić information content (AvgIpc) is 2.82. The third kappa shape index (κ3) is 3.96. The molecule has 4 nitrogen and oxygen atoms in total. The zero-order chi connectivity index (χ0) is 13.7. The van der Waals surface area contributed by atoms with Crippen molar-refractivity contribution in [3.05, 3.63) is 12.0 Å². The van der Waals surface area contributed by atoms with Crippen LogP contribution in [0.15, 0.2) is 6.20 Å². The molecule has 1 heterocycles. The predicted molar refractivity (Wildman–Crippen MR) is 79.3 cm³/mol. The molecule has 0 amide bonds. The first-order valence-corrected chi connectivity index (χ1v) is 7.92. The second-order valence-electron chi connectivity index (χ2n) is 4.65. The molecule has 2 rings (SSSR count). The van der Waals surface area contributed by atoms with Crippen molar-refractivity contribution < 1.29 is 4.39 Å². The predicted octanol–water partition coefficient (Wildman–Crippen LogP) is 3.13. The molecule has 2 atom stereocenters. The SMILES string of the molecule is CCNc1ncc(F)c(NC2CCC(SCC)C2)n1. The highest BCUT2D eigenvalue weighted by molar-refractivity contribution is 7.99. The summed E-state index contributed by atoms with van der Waals surface area (Å²) in [6.45, 7) is 4.87. The highest BCUT2D eigenvalue weighted by Crippen LogP contribution is 2.31. The van der Waals surface area contributed by atoms with E-state index >= 15 is 0 Å². The van der Waals surface area contributed by atoms with Crippen LogP contribution in [0.4, 0.5) is 16.2 Å². The fourth-order valence-electron chi connectivity index (χ4n) is 2.36. The largest absolute Gasteiger partial charge is 0.365 e. The van der Waals surface area contributed by atoms with Crippen molar-refractivity contribution in [2.24, 2.45) is 0 Å². The summed E-state index contributed by atoms with van der Waals surface area (Å²) in [6.07, 6.45) is 4.58. The fraction of sp³-hybridized carbons (Fsp3) is 0.692. The van der Waals surface area contributed by atoms with Gasteiger partial charge >= 0.3 is 0 Å². The number of thioether (sulfide) groups is 1. The molecule has 0 saturated heterocycles. The fourth-order valence-corrected chi connectivity index (χ4v) is 3.51. The van der Waals surface area contributed by atoms with Crippen LogP contribution in [-0.2, 0) is 0 Å². The summed E-state index contributed by atoms with van der Waals surface area (Å²) < 4.78 is 13.7. The Kier molecular flexibility index (Phi) is 5.24. The van der Waals surface area contributed by atoms with Gasteiger partial charge in [0.15, 0.2) is 11.6 Å². The molecule has 106 valence electrons.